The Bertz CT molecular complexity index is 1080. The maximum Gasteiger partial charge on any atom is 0.265 e. The molecule has 0 unspecified atom stereocenters. The average Bonchev–Trinajstić information content (AvgIpc) is 3.38. The van der Waals surface area contributed by atoms with E-state index in [-0.39, 0.29) is 17.7 Å². The van der Waals surface area contributed by atoms with Crippen LogP contribution in [0, 0.1) is 19.8 Å². The molecular weight excluding hydrogens is 410 g/mol. The van der Waals surface area contributed by atoms with Gasteiger partial charge in [-0.1, -0.05) is 25.3 Å². The maximum atomic E-state index is 12.4. The van der Waals surface area contributed by atoms with Crippen molar-refractivity contribution in [2.45, 2.75) is 52.5 Å². The Balaban J connectivity index is 1.42. The quantitative estimate of drug-likeness (QED) is 0.536. The highest BCUT2D eigenvalue weighted by atomic mass is 32.1. The van der Waals surface area contributed by atoms with E-state index in [0.29, 0.717) is 28.8 Å². The van der Waals surface area contributed by atoms with Crippen molar-refractivity contribution >= 4 is 28.8 Å². The number of carbonyl (C=O) groups excluding carboxylic acids is 2. The number of hydrogen-bond acceptors (Lipinski definition) is 5. The van der Waals surface area contributed by atoms with Gasteiger partial charge < -0.3 is 15.1 Å². The fourth-order valence-electron chi connectivity index (χ4n) is 3.87. The van der Waals surface area contributed by atoms with Gasteiger partial charge in [-0.25, -0.2) is 4.98 Å². The van der Waals surface area contributed by atoms with Crippen LogP contribution in [-0.2, 0) is 11.3 Å². The van der Waals surface area contributed by atoms with Gasteiger partial charge in [0.15, 0.2) is 0 Å². The lowest BCUT2D eigenvalue weighted by Gasteiger charge is -2.20. The minimum Gasteiger partial charge on any atom is -0.441 e. The molecule has 0 aliphatic heterocycles. The van der Waals surface area contributed by atoms with Gasteiger partial charge in [0.2, 0.25) is 11.8 Å². The summed E-state index contributed by atoms with van der Waals surface area (Å²) in [6, 6.07) is 11.2. The summed E-state index contributed by atoms with van der Waals surface area (Å²) in [5, 5.41) is 5.94. The molecule has 1 fully saturated rings. The lowest BCUT2D eigenvalue weighted by molar-refractivity contribution is -0.126. The molecule has 1 saturated carbocycles. The fraction of sp³-hybridized carbons (Fsp3) is 0.375. The van der Waals surface area contributed by atoms with Crippen molar-refractivity contribution in [3.05, 3.63) is 57.6 Å². The van der Waals surface area contributed by atoms with E-state index in [1.807, 2.05) is 50.2 Å². The third kappa shape index (κ3) is 5.22. The molecule has 162 valence electrons. The van der Waals surface area contributed by atoms with Gasteiger partial charge in [0.05, 0.1) is 11.4 Å². The zero-order chi connectivity index (χ0) is 21.8. The number of aryl methyl sites for hydroxylation is 2. The molecule has 0 bridgehead atoms. The molecule has 1 aliphatic carbocycles. The molecule has 0 spiro atoms. The molecule has 6 nitrogen and oxygen atoms in total. The maximum absolute atomic E-state index is 12.4. The molecular formula is C24H27N3O3S. The standard InChI is InChI=1S/C24H27N3O3S/c1-15-11-12-21(31-15)23(29)26-19-10-6-9-18(13-19)24-27-20(16(2)30-24)14-25-22(28)17-7-4-3-5-8-17/h6,9-13,17H,3-5,7-8,14H2,1-2H3,(H,25,28)(H,26,29). The summed E-state index contributed by atoms with van der Waals surface area (Å²) < 4.78 is 5.85. The van der Waals surface area contributed by atoms with Gasteiger partial charge in [-0.2, -0.15) is 0 Å². The van der Waals surface area contributed by atoms with E-state index in [2.05, 4.69) is 15.6 Å². The molecule has 3 aromatic rings. The van der Waals surface area contributed by atoms with Crippen LogP contribution in [0.4, 0.5) is 5.69 Å². The van der Waals surface area contributed by atoms with Gasteiger partial charge in [-0.3, -0.25) is 9.59 Å². The SMILES string of the molecule is Cc1ccc(C(=O)Nc2cccc(-c3nc(CNC(=O)C4CCCCC4)c(C)o3)c2)s1. The topological polar surface area (TPSA) is 84.2 Å². The van der Waals surface area contributed by atoms with Crippen LogP contribution >= 0.6 is 11.3 Å². The number of oxazole rings is 1. The number of nitrogens with zero attached hydrogens (tertiary/aromatic N) is 1. The highest BCUT2D eigenvalue weighted by Crippen LogP contribution is 2.26. The van der Waals surface area contributed by atoms with Gasteiger partial charge in [0.25, 0.3) is 5.91 Å². The number of hydrogen-bond donors (Lipinski definition) is 2. The van der Waals surface area contributed by atoms with E-state index >= 15 is 0 Å². The summed E-state index contributed by atoms with van der Waals surface area (Å²) in [5.41, 5.74) is 2.17. The van der Waals surface area contributed by atoms with Crippen LogP contribution in [0.3, 0.4) is 0 Å². The molecule has 31 heavy (non-hydrogen) atoms. The molecule has 2 amide bonds. The first-order valence-corrected chi connectivity index (χ1v) is 11.5. The summed E-state index contributed by atoms with van der Waals surface area (Å²) in [5.74, 6) is 1.25. The third-order valence-electron chi connectivity index (χ3n) is 5.63. The number of nitrogens with one attached hydrogen (secondary N) is 2. The van der Waals surface area contributed by atoms with Crippen LogP contribution in [-0.4, -0.2) is 16.8 Å². The highest BCUT2D eigenvalue weighted by Gasteiger charge is 2.21. The zero-order valence-electron chi connectivity index (χ0n) is 17.9. The molecule has 2 N–H and O–H groups in total. The van der Waals surface area contributed by atoms with Crippen molar-refractivity contribution in [1.82, 2.24) is 10.3 Å². The molecule has 1 aliphatic rings. The summed E-state index contributed by atoms with van der Waals surface area (Å²) in [4.78, 5) is 31.2. The van der Waals surface area contributed by atoms with Gasteiger partial charge in [0.1, 0.15) is 11.5 Å². The number of amides is 2. The van der Waals surface area contributed by atoms with Crippen LogP contribution in [0.25, 0.3) is 11.5 Å². The van der Waals surface area contributed by atoms with E-state index in [1.165, 1.54) is 17.8 Å². The second-order valence-corrected chi connectivity index (χ2v) is 9.31. The molecule has 1 aromatic carbocycles. The van der Waals surface area contributed by atoms with E-state index < -0.39 is 0 Å². The first kappa shape index (κ1) is 21.3. The van der Waals surface area contributed by atoms with Gasteiger partial charge >= 0.3 is 0 Å². The van der Waals surface area contributed by atoms with Gasteiger partial charge in [-0.15, -0.1) is 11.3 Å². The molecule has 0 radical (unpaired) electrons. The Morgan fingerprint density at radius 3 is 2.68 bits per heavy atom. The third-order valence-corrected chi connectivity index (χ3v) is 6.63. The molecule has 2 aromatic heterocycles. The van der Waals surface area contributed by atoms with Crippen molar-refractivity contribution in [2.24, 2.45) is 5.92 Å². The number of aromatic nitrogens is 1. The molecule has 7 heteroatoms. The Hall–Kier alpha value is -2.93. The van der Waals surface area contributed by atoms with Crippen molar-refractivity contribution in [3.8, 4) is 11.5 Å². The second kappa shape index (κ2) is 9.47. The normalized spacial score (nSPS) is 14.4. The van der Waals surface area contributed by atoms with Gasteiger partial charge in [-0.05, 0) is 57.0 Å². The Labute approximate surface area is 186 Å². The number of carbonyl (C=O) groups is 2. The summed E-state index contributed by atoms with van der Waals surface area (Å²) in [6.45, 7) is 4.18. The number of rotatable bonds is 6. The van der Waals surface area contributed by atoms with Crippen LogP contribution < -0.4 is 10.6 Å². The first-order chi connectivity index (χ1) is 15.0. The molecule has 0 saturated heterocycles. The predicted molar refractivity (Wildman–Crippen MR) is 122 cm³/mol. The Kier molecular flexibility index (Phi) is 6.51. The predicted octanol–water partition coefficient (Wildman–Crippen LogP) is 5.47. The van der Waals surface area contributed by atoms with Gasteiger partial charge in [0, 0.05) is 22.0 Å². The first-order valence-electron chi connectivity index (χ1n) is 10.7. The van der Waals surface area contributed by atoms with Crippen molar-refractivity contribution in [3.63, 3.8) is 0 Å². The van der Waals surface area contributed by atoms with Crippen molar-refractivity contribution in [2.75, 3.05) is 5.32 Å². The largest absolute Gasteiger partial charge is 0.441 e. The van der Waals surface area contributed by atoms with Crippen LogP contribution in [0.5, 0.6) is 0 Å². The highest BCUT2D eigenvalue weighted by molar-refractivity contribution is 7.14. The smallest absolute Gasteiger partial charge is 0.265 e. The zero-order valence-corrected chi connectivity index (χ0v) is 18.7. The monoisotopic (exact) mass is 437 g/mol. The van der Waals surface area contributed by atoms with Crippen molar-refractivity contribution in [1.29, 1.82) is 0 Å². The van der Waals surface area contributed by atoms with Crippen LogP contribution in [0.1, 0.15) is 58.1 Å². The lowest BCUT2D eigenvalue weighted by Crippen LogP contribution is -2.31. The summed E-state index contributed by atoms with van der Waals surface area (Å²) in [7, 11) is 0. The summed E-state index contributed by atoms with van der Waals surface area (Å²) in [6.07, 6.45) is 5.42. The van der Waals surface area contributed by atoms with E-state index in [4.69, 9.17) is 4.42 Å². The van der Waals surface area contributed by atoms with Crippen LogP contribution in [0.15, 0.2) is 40.8 Å². The van der Waals surface area contributed by atoms with E-state index in [1.54, 1.807) is 0 Å². The minimum atomic E-state index is -0.134. The number of anilines is 1. The number of thiophene rings is 1. The number of benzene rings is 1. The van der Waals surface area contributed by atoms with E-state index in [9.17, 15) is 9.59 Å². The second-order valence-electron chi connectivity index (χ2n) is 8.02. The molecule has 0 atom stereocenters. The molecule has 2 heterocycles. The molecule has 4 rings (SSSR count). The Morgan fingerprint density at radius 1 is 1.13 bits per heavy atom. The minimum absolute atomic E-state index is 0.108. The van der Waals surface area contributed by atoms with Crippen LogP contribution in [0.2, 0.25) is 0 Å². The summed E-state index contributed by atoms with van der Waals surface area (Å²) >= 11 is 1.46. The lowest BCUT2D eigenvalue weighted by atomic mass is 9.89. The van der Waals surface area contributed by atoms with E-state index in [0.717, 1.165) is 41.8 Å². The fourth-order valence-corrected chi connectivity index (χ4v) is 4.64. The van der Waals surface area contributed by atoms with Crippen molar-refractivity contribution < 1.29 is 14.0 Å². The average molecular weight is 438 g/mol. The Morgan fingerprint density at radius 2 is 1.94 bits per heavy atom.